The predicted octanol–water partition coefficient (Wildman–Crippen LogP) is 3.10. The standard InChI is InChI=1S/C13H23N/c1-2-6-12(5-1)7-3-4-8-13(12)9-10-14-11-13/h14H,1-11H2. The molecule has 3 rings (SSSR count). The molecule has 1 aliphatic heterocycles. The molecule has 1 saturated heterocycles. The molecule has 2 spiro atoms. The Morgan fingerprint density at radius 2 is 1.21 bits per heavy atom. The second kappa shape index (κ2) is 3.23. The van der Waals surface area contributed by atoms with E-state index in [-0.39, 0.29) is 0 Å². The van der Waals surface area contributed by atoms with E-state index in [9.17, 15) is 0 Å². The van der Waals surface area contributed by atoms with Crippen LogP contribution in [0.3, 0.4) is 0 Å². The van der Waals surface area contributed by atoms with E-state index in [1.165, 1.54) is 51.6 Å². The Balaban J connectivity index is 1.91. The summed E-state index contributed by atoms with van der Waals surface area (Å²) >= 11 is 0. The van der Waals surface area contributed by atoms with Crippen molar-refractivity contribution in [3.63, 3.8) is 0 Å². The van der Waals surface area contributed by atoms with Crippen LogP contribution < -0.4 is 5.32 Å². The molecule has 2 saturated carbocycles. The zero-order chi connectivity index (χ0) is 9.49. The van der Waals surface area contributed by atoms with Gasteiger partial charge in [-0.05, 0) is 49.5 Å². The van der Waals surface area contributed by atoms with E-state index in [2.05, 4.69) is 5.32 Å². The van der Waals surface area contributed by atoms with Crippen LogP contribution in [0.5, 0.6) is 0 Å². The third kappa shape index (κ3) is 1.11. The second-order valence-electron chi connectivity index (χ2n) is 5.90. The van der Waals surface area contributed by atoms with E-state index in [0.29, 0.717) is 0 Å². The minimum absolute atomic E-state index is 0.738. The Bertz CT molecular complexity index is 185. The molecule has 3 fully saturated rings. The van der Waals surface area contributed by atoms with Crippen molar-refractivity contribution in [3.05, 3.63) is 0 Å². The minimum Gasteiger partial charge on any atom is -0.316 e. The topological polar surface area (TPSA) is 12.0 Å². The van der Waals surface area contributed by atoms with Gasteiger partial charge in [0, 0.05) is 6.54 Å². The van der Waals surface area contributed by atoms with Gasteiger partial charge in [-0.3, -0.25) is 0 Å². The van der Waals surface area contributed by atoms with Gasteiger partial charge in [0.05, 0.1) is 0 Å². The van der Waals surface area contributed by atoms with Crippen molar-refractivity contribution in [1.29, 1.82) is 0 Å². The van der Waals surface area contributed by atoms with Crippen molar-refractivity contribution in [2.24, 2.45) is 10.8 Å². The van der Waals surface area contributed by atoms with Crippen molar-refractivity contribution in [2.45, 2.75) is 57.8 Å². The Morgan fingerprint density at radius 3 is 1.71 bits per heavy atom. The maximum Gasteiger partial charge on any atom is 0.00136 e. The lowest BCUT2D eigenvalue weighted by Crippen LogP contribution is -2.44. The highest BCUT2D eigenvalue weighted by molar-refractivity contribution is 5.06. The van der Waals surface area contributed by atoms with Crippen molar-refractivity contribution >= 4 is 0 Å². The van der Waals surface area contributed by atoms with Gasteiger partial charge in [-0.1, -0.05) is 25.7 Å². The van der Waals surface area contributed by atoms with E-state index < -0.39 is 0 Å². The fraction of sp³-hybridized carbons (Fsp3) is 1.00. The predicted molar refractivity (Wildman–Crippen MR) is 59.3 cm³/mol. The number of rotatable bonds is 0. The van der Waals surface area contributed by atoms with Crippen LogP contribution in [-0.4, -0.2) is 13.1 Å². The van der Waals surface area contributed by atoms with Gasteiger partial charge >= 0.3 is 0 Å². The van der Waals surface area contributed by atoms with E-state index in [1.54, 1.807) is 19.3 Å². The summed E-state index contributed by atoms with van der Waals surface area (Å²) in [6, 6.07) is 0. The van der Waals surface area contributed by atoms with Crippen molar-refractivity contribution in [3.8, 4) is 0 Å². The molecule has 0 aromatic carbocycles. The van der Waals surface area contributed by atoms with E-state index >= 15 is 0 Å². The lowest BCUT2D eigenvalue weighted by atomic mass is 9.54. The highest BCUT2D eigenvalue weighted by atomic mass is 14.9. The van der Waals surface area contributed by atoms with Crippen LogP contribution in [0.25, 0.3) is 0 Å². The molecule has 1 heteroatoms. The molecular weight excluding hydrogens is 170 g/mol. The summed E-state index contributed by atoms with van der Waals surface area (Å²) in [5.74, 6) is 0. The molecular formula is C13H23N. The number of hydrogen-bond donors (Lipinski definition) is 1. The van der Waals surface area contributed by atoms with Crippen LogP contribution in [0.1, 0.15) is 57.8 Å². The molecule has 2 aliphatic carbocycles. The van der Waals surface area contributed by atoms with Gasteiger partial charge in [-0.2, -0.15) is 0 Å². The first-order chi connectivity index (χ1) is 6.87. The molecule has 0 bridgehead atoms. The number of fused-ring (bicyclic) bond motifs is 1. The van der Waals surface area contributed by atoms with Crippen LogP contribution in [0.4, 0.5) is 0 Å². The largest absolute Gasteiger partial charge is 0.316 e. The fourth-order valence-corrected chi connectivity index (χ4v) is 4.70. The van der Waals surface area contributed by atoms with Crippen LogP contribution in [0, 0.1) is 10.8 Å². The summed E-state index contributed by atoms with van der Waals surface area (Å²) in [5.41, 5.74) is 1.52. The molecule has 1 nitrogen and oxygen atoms in total. The smallest absolute Gasteiger partial charge is 0.00136 e. The van der Waals surface area contributed by atoms with Crippen LogP contribution in [-0.2, 0) is 0 Å². The lowest BCUT2D eigenvalue weighted by Gasteiger charge is -2.50. The van der Waals surface area contributed by atoms with Crippen LogP contribution >= 0.6 is 0 Å². The summed E-state index contributed by atoms with van der Waals surface area (Å²) in [4.78, 5) is 0. The number of nitrogens with one attached hydrogen (secondary N) is 1. The second-order valence-corrected chi connectivity index (χ2v) is 5.90. The van der Waals surface area contributed by atoms with Crippen molar-refractivity contribution in [2.75, 3.05) is 13.1 Å². The zero-order valence-electron chi connectivity index (χ0n) is 9.28. The average molecular weight is 193 g/mol. The minimum atomic E-state index is 0.738. The highest BCUT2D eigenvalue weighted by Gasteiger charge is 2.54. The van der Waals surface area contributed by atoms with Crippen molar-refractivity contribution < 1.29 is 0 Å². The van der Waals surface area contributed by atoms with Gasteiger partial charge in [0.15, 0.2) is 0 Å². The van der Waals surface area contributed by atoms with E-state index in [1.807, 2.05) is 0 Å². The molecule has 1 atom stereocenters. The molecule has 0 amide bonds. The fourth-order valence-electron chi connectivity index (χ4n) is 4.70. The molecule has 80 valence electrons. The van der Waals surface area contributed by atoms with Gasteiger partial charge in [0.25, 0.3) is 0 Å². The van der Waals surface area contributed by atoms with Crippen LogP contribution in [0.2, 0.25) is 0 Å². The Kier molecular flexibility index (Phi) is 2.12. The molecule has 14 heavy (non-hydrogen) atoms. The molecule has 1 N–H and O–H groups in total. The highest BCUT2D eigenvalue weighted by Crippen LogP contribution is 2.61. The van der Waals surface area contributed by atoms with Gasteiger partial charge in [-0.15, -0.1) is 0 Å². The van der Waals surface area contributed by atoms with E-state index in [0.717, 1.165) is 10.8 Å². The average Bonchev–Trinajstić information content (AvgIpc) is 2.81. The Morgan fingerprint density at radius 1 is 0.643 bits per heavy atom. The summed E-state index contributed by atoms with van der Waals surface area (Å²) in [5, 5.41) is 3.63. The quantitative estimate of drug-likeness (QED) is 0.623. The first-order valence-corrected chi connectivity index (χ1v) is 6.58. The summed E-state index contributed by atoms with van der Waals surface area (Å²) < 4.78 is 0. The number of hydrogen-bond acceptors (Lipinski definition) is 1. The van der Waals surface area contributed by atoms with E-state index in [4.69, 9.17) is 0 Å². The molecule has 0 aromatic rings. The third-order valence-electron chi connectivity index (χ3n) is 5.49. The first-order valence-electron chi connectivity index (χ1n) is 6.58. The van der Waals surface area contributed by atoms with Crippen molar-refractivity contribution in [1.82, 2.24) is 5.32 Å². The maximum atomic E-state index is 3.63. The third-order valence-corrected chi connectivity index (χ3v) is 5.49. The van der Waals surface area contributed by atoms with Gasteiger partial charge in [-0.25, -0.2) is 0 Å². The molecule has 1 heterocycles. The molecule has 0 radical (unpaired) electrons. The Labute approximate surface area is 87.7 Å². The monoisotopic (exact) mass is 193 g/mol. The summed E-state index contributed by atoms with van der Waals surface area (Å²) in [7, 11) is 0. The molecule has 1 unspecified atom stereocenters. The summed E-state index contributed by atoms with van der Waals surface area (Å²) in [6.45, 7) is 2.63. The van der Waals surface area contributed by atoms with Gasteiger partial charge < -0.3 is 5.32 Å². The van der Waals surface area contributed by atoms with Gasteiger partial charge in [0.1, 0.15) is 0 Å². The normalized spacial score (nSPS) is 41.1. The molecule has 0 aromatic heterocycles. The van der Waals surface area contributed by atoms with Gasteiger partial charge in [0.2, 0.25) is 0 Å². The summed E-state index contributed by atoms with van der Waals surface area (Å²) in [6.07, 6.45) is 13.7. The molecule has 3 aliphatic rings. The Hall–Kier alpha value is -0.0400. The first kappa shape index (κ1) is 9.21. The maximum absolute atomic E-state index is 3.63. The zero-order valence-corrected chi connectivity index (χ0v) is 9.28. The lowest BCUT2D eigenvalue weighted by molar-refractivity contribution is 0.00625. The van der Waals surface area contributed by atoms with Crippen LogP contribution in [0.15, 0.2) is 0 Å². The SMILES string of the molecule is C1CCC2(C1)CCCCC21CCNC1.